The number of nitrogens with zero attached hydrogens (tertiary/aromatic N) is 6. The summed E-state index contributed by atoms with van der Waals surface area (Å²) in [7, 11) is 0. The van der Waals surface area contributed by atoms with Crippen molar-refractivity contribution in [3.8, 4) is 36.2 Å². The maximum absolute atomic E-state index is 11.3. The van der Waals surface area contributed by atoms with Crippen molar-refractivity contribution in [1.82, 2.24) is 30.0 Å². The molecular weight excluding hydrogens is 797 g/mol. The van der Waals surface area contributed by atoms with Crippen molar-refractivity contribution in [2.24, 2.45) is 34.5 Å². The molecule has 10 atom stereocenters. The molecule has 2 aromatic heterocycles. The van der Waals surface area contributed by atoms with E-state index in [0.717, 1.165) is 111 Å². The van der Waals surface area contributed by atoms with Crippen LogP contribution in [0.5, 0.6) is 11.5 Å². The van der Waals surface area contributed by atoms with E-state index in [0.29, 0.717) is 61.8 Å². The molecule has 0 spiro atoms. The molecule has 0 amide bonds. The molecular formula is C54H60N6O4. The minimum Gasteiger partial charge on any atom is -0.487 e. The molecule has 4 saturated carbocycles. The van der Waals surface area contributed by atoms with Gasteiger partial charge >= 0.3 is 0 Å². The predicted molar refractivity (Wildman–Crippen MR) is 243 cm³/mol. The number of terminal acetylenes is 2. The molecule has 4 fully saturated rings. The SMILES string of the molecule is C#C[C@]1(O)CC[C@H]2[C@@H]3CCc4cc(OCc5cn(Cc6ccc(Cn7cc(COc8ccc9c(c8)CC[C@@H]8[C@@H]9CC[C@@]9(C)[C@H]8CC[C@@]9(O)C#C)nn7)cc6)nn5)ccc4[C@H]3CC[C@@]21C. The molecule has 2 heterocycles. The van der Waals surface area contributed by atoms with Crippen LogP contribution in [-0.4, -0.2) is 51.4 Å². The van der Waals surface area contributed by atoms with E-state index in [-0.39, 0.29) is 10.8 Å². The summed E-state index contributed by atoms with van der Waals surface area (Å²) in [5.74, 6) is 10.5. The number of benzene rings is 3. The Kier molecular flexibility index (Phi) is 10.1. The number of rotatable bonds is 10. The molecule has 3 aromatic carbocycles. The second-order valence-corrected chi connectivity index (χ2v) is 20.8. The summed E-state index contributed by atoms with van der Waals surface area (Å²) >= 11 is 0. The molecule has 0 saturated heterocycles. The lowest BCUT2D eigenvalue weighted by atomic mass is 9.53. The maximum Gasteiger partial charge on any atom is 0.134 e. The zero-order chi connectivity index (χ0) is 43.8. The number of ether oxygens (including phenoxy) is 2. The lowest BCUT2D eigenvalue weighted by Gasteiger charge is -2.52. The van der Waals surface area contributed by atoms with Crippen LogP contribution in [0.15, 0.2) is 73.1 Å². The van der Waals surface area contributed by atoms with E-state index < -0.39 is 11.2 Å². The van der Waals surface area contributed by atoms with Crippen molar-refractivity contribution in [1.29, 1.82) is 0 Å². The van der Waals surface area contributed by atoms with Crippen molar-refractivity contribution < 1.29 is 19.7 Å². The Morgan fingerprint density at radius 2 is 1.05 bits per heavy atom. The van der Waals surface area contributed by atoms with Crippen molar-refractivity contribution >= 4 is 0 Å². The second kappa shape index (κ2) is 15.6. The first-order valence-electron chi connectivity index (χ1n) is 23.8. The van der Waals surface area contributed by atoms with Gasteiger partial charge in [0.25, 0.3) is 0 Å². The highest BCUT2D eigenvalue weighted by atomic mass is 16.5. The van der Waals surface area contributed by atoms with E-state index in [1.54, 1.807) is 0 Å². The van der Waals surface area contributed by atoms with E-state index in [1.165, 1.54) is 22.3 Å². The van der Waals surface area contributed by atoms with Gasteiger partial charge in [-0.3, -0.25) is 0 Å². The summed E-state index contributed by atoms with van der Waals surface area (Å²) in [5, 5.41) is 40.1. The Morgan fingerprint density at radius 1 is 0.609 bits per heavy atom. The second-order valence-electron chi connectivity index (χ2n) is 20.8. The van der Waals surface area contributed by atoms with Crippen LogP contribution >= 0.6 is 0 Å². The molecule has 11 rings (SSSR count). The average Bonchev–Trinajstić information content (AvgIpc) is 4.09. The minimum atomic E-state index is -0.970. The van der Waals surface area contributed by atoms with Crippen LogP contribution in [0.4, 0.5) is 0 Å². The topological polar surface area (TPSA) is 120 Å². The van der Waals surface area contributed by atoms with Gasteiger partial charge in [-0.15, -0.1) is 23.0 Å². The van der Waals surface area contributed by atoms with E-state index >= 15 is 0 Å². The van der Waals surface area contributed by atoms with Crippen LogP contribution in [0.1, 0.15) is 135 Å². The Balaban J connectivity index is 0.648. The summed E-state index contributed by atoms with van der Waals surface area (Å²) < 4.78 is 16.2. The summed E-state index contributed by atoms with van der Waals surface area (Å²) in [4.78, 5) is 0. The molecule has 10 nitrogen and oxygen atoms in total. The monoisotopic (exact) mass is 856 g/mol. The van der Waals surface area contributed by atoms with Gasteiger partial charge in [0.2, 0.25) is 0 Å². The first kappa shape index (κ1) is 41.3. The molecule has 64 heavy (non-hydrogen) atoms. The Hall–Kier alpha value is -5.42. The first-order chi connectivity index (χ1) is 31.0. The maximum atomic E-state index is 11.3. The number of hydrogen-bond acceptors (Lipinski definition) is 8. The summed E-state index contributed by atoms with van der Waals surface area (Å²) in [6.07, 6.45) is 27.6. The summed E-state index contributed by atoms with van der Waals surface area (Å²) in [6, 6.07) is 21.7. The van der Waals surface area contributed by atoms with Crippen LogP contribution in [-0.2, 0) is 39.1 Å². The van der Waals surface area contributed by atoms with Gasteiger partial charge in [-0.1, -0.05) is 72.5 Å². The first-order valence-corrected chi connectivity index (χ1v) is 23.8. The van der Waals surface area contributed by atoms with Crippen LogP contribution in [0.25, 0.3) is 0 Å². The van der Waals surface area contributed by atoms with E-state index in [4.69, 9.17) is 22.3 Å². The summed E-state index contributed by atoms with van der Waals surface area (Å²) in [6.45, 7) is 6.41. The largest absolute Gasteiger partial charge is 0.487 e. The van der Waals surface area contributed by atoms with E-state index in [9.17, 15) is 10.2 Å². The van der Waals surface area contributed by atoms with Crippen LogP contribution in [0.2, 0.25) is 0 Å². The van der Waals surface area contributed by atoms with Gasteiger partial charge in [-0.2, -0.15) is 0 Å². The molecule has 0 bridgehead atoms. The Bertz CT molecular complexity index is 2480. The van der Waals surface area contributed by atoms with Gasteiger partial charge in [-0.25, -0.2) is 9.36 Å². The Morgan fingerprint density at radius 3 is 1.47 bits per heavy atom. The van der Waals surface area contributed by atoms with Gasteiger partial charge in [-0.05, 0) is 170 Å². The zero-order valence-corrected chi connectivity index (χ0v) is 37.3. The minimum absolute atomic E-state index is 0.182. The third-order valence-corrected chi connectivity index (χ3v) is 17.8. The van der Waals surface area contributed by atoms with Crippen LogP contribution in [0, 0.1) is 59.2 Å². The summed E-state index contributed by atoms with van der Waals surface area (Å²) in [5.41, 5.74) is 7.21. The third-order valence-electron chi connectivity index (χ3n) is 17.8. The molecule has 0 radical (unpaired) electrons. The highest BCUT2D eigenvalue weighted by Gasteiger charge is 2.62. The lowest BCUT2D eigenvalue weighted by Crippen LogP contribution is -2.50. The van der Waals surface area contributed by atoms with Crippen molar-refractivity contribution in [3.63, 3.8) is 0 Å². The average molecular weight is 857 g/mol. The molecule has 0 aliphatic heterocycles. The normalized spacial score (nSPS) is 33.3. The van der Waals surface area contributed by atoms with Gasteiger partial charge in [0.1, 0.15) is 47.3 Å². The molecule has 10 heteroatoms. The number of aromatic nitrogens is 6. The molecule has 5 aromatic rings. The predicted octanol–water partition coefficient (Wildman–Crippen LogP) is 8.57. The lowest BCUT2D eigenvalue weighted by molar-refractivity contribution is -0.0647. The number of aliphatic hydroxyl groups is 2. The number of aryl methyl sites for hydroxylation is 2. The highest BCUT2D eigenvalue weighted by Crippen LogP contribution is 2.65. The molecule has 6 aliphatic carbocycles. The molecule has 6 aliphatic rings. The van der Waals surface area contributed by atoms with Gasteiger partial charge in [0.05, 0.1) is 25.5 Å². The fraction of sp³-hybridized carbons (Fsp3) is 0.519. The number of fused-ring (bicyclic) bond motifs is 10. The van der Waals surface area contributed by atoms with Gasteiger partial charge in [0, 0.05) is 10.8 Å². The zero-order valence-electron chi connectivity index (χ0n) is 37.3. The highest BCUT2D eigenvalue weighted by molar-refractivity contribution is 5.43. The van der Waals surface area contributed by atoms with Crippen LogP contribution in [0.3, 0.4) is 0 Å². The molecule has 330 valence electrons. The van der Waals surface area contributed by atoms with Crippen LogP contribution < -0.4 is 9.47 Å². The standard InChI is InChI=1S/C54H60N6O4/c1-5-53(61)25-21-49-47-15-11-37-27-41(13-17-43(37)45(47)19-23-51(49,53)3)63-33-39-31-59(57-55-39)29-35-7-9-36(10-8-35)30-60-32-40(56-58-60)34-64-42-14-18-44-38(28-42)12-16-48-46(44)20-24-52(4)50(48)22-26-54(52,62)6-2/h1-2,7-10,13-14,17-18,27-28,31-32,45-50,61-62H,11-12,15-16,19-26,29-30,33-34H2,3-4H3/t45-,46-,47-,48-,49+,50+,51+,52+,53+,54+/m1/s1. The van der Waals surface area contributed by atoms with Gasteiger partial charge in [0.15, 0.2) is 0 Å². The number of hydrogen-bond donors (Lipinski definition) is 2. The third kappa shape index (κ3) is 6.78. The Labute approximate surface area is 377 Å². The quantitative estimate of drug-likeness (QED) is 0.134. The van der Waals surface area contributed by atoms with Crippen molar-refractivity contribution in [3.05, 3.63) is 118 Å². The fourth-order valence-corrected chi connectivity index (χ4v) is 14.2. The molecule has 2 N–H and O–H groups in total. The smallest absolute Gasteiger partial charge is 0.134 e. The molecule has 0 unspecified atom stereocenters. The van der Waals surface area contributed by atoms with Gasteiger partial charge < -0.3 is 19.7 Å². The van der Waals surface area contributed by atoms with E-state index in [1.807, 2.05) is 21.8 Å². The van der Waals surface area contributed by atoms with E-state index in [2.05, 4.69) is 107 Å². The fourth-order valence-electron chi connectivity index (χ4n) is 14.2. The van der Waals surface area contributed by atoms with Crippen molar-refractivity contribution in [2.75, 3.05) is 0 Å². The van der Waals surface area contributed by atoms with Crippen molar-refractivity contribution in [2.45, 2.75) is 140 Å².